The molecule has 1 aliphatic rings. The molecule has 6 heteroatoms. The lowest BCUT2D eigenvalue weighted by molar-refractivity contribution is -0.119. The number of hydrogen-bond donors (Lipinski definition) is 2. The Balaban J connectivity index is 0.00000288. The van der Waals surface area contributed by atoms with Crippen molar-refractivity contribution in [1.29, 1.82) is 0 Å². The van der Waals surface area contributed by atoms with Crippen molar-refractivity contribution in [2.75, 3.05) is 18.4 Å². The minimum absolute atomic E-state index is 0. The molecule has 0 aliphatic carbocycles. The smallest absolute Gasteiger partial charge is 0.227 e. The summed E-state index contributed by atoms with van der Waals surface area (Å²) in [6.45, 7) is 6.48. The Labute approximate surface area is 162 Å². The molecule has 1 unspecified atom stereocenters. The number of rotatable bonds is 5. The van der Waals surface area contributed by atoms with E-state index in [2.05, 4.69) is 15.2 Å². The Kier molecular flexibility index (Phi) is 9.10. The molecule has 1 fully saturated rings. The lowest BCUT2D eigenvalue weighted by atomic mass is 10.1. The van der Waals surface area contributed by atoms with Gasteiger partial charge in [0.25, 0.3) is 0 Å². The first-order chi connectivity index (χ1) is 11.1. The summed E-state index contributed by atoms with van der Waals surface area (Å²) in [6.07, 6.45) is 4.49. The van der Waals surface area contributed by atoms with E-state index in [0.29, 0.717) is 12.5 Å². The van der Waals surface area contributed by atoms with E-state index >= 15 is 0 Å². The van der Waals surface area contributed by atoms with Crippen LogP contribution in [0, 0.1) is 5.92 Å². The van der Waals surface area contributed by atoms with Crippen LogP contribution in [0.15, 0.2) is 29.3 Å². The van der Waals surface area contributed by atoms with E-state index in [0.717, 1.165) is 30.8 Å². The quantitative estimate of drug-likeness (QED) is 0.414. The summed E-state index contributed by atoms with van der Waals surface area (Å²) in [5.41, 5.74) is 7.95. The highest BCUT2D eigenvalue weighted by atomic mass is 127. The summed E-state index contributed by atoms with van der Waals surface area (Å²) >= 11 is 0. The van der Waals surface area contributed by atoms with Crippen LogP contribution in [0.25, 0.3) is 0 Å². The van der Waals surface area contributed by atoms with E-state index in [1.165, 1.54) is 19.3 Å². The minimum Gasteiger partial charge on any atom is -0.370 e. The molecular formula is C18H29IN4O. The van der Waals surface area contributed by atoms with Gasteiger partial charge in [0.15, 0.2) is 5.96 Å². The predicted molar refractivity (Wildman–Crippen MR) is 111 cm³/mol. The van der Waals surface area contributed by atoms with Crippen LogP contribution in [0.5, 0.6) is 0 Å². The van der Waals surface area contributed by atoms with Crippen LogP contribution in [-0.2, 0) is 11.3 Å². The molecule has 1 amide bonds. The highest BCUT2D eigenvalue weighted by Gasteiger charge is 2.12. The topological polar surface area (TPSA) is 70.7 Å². The van der Waals surface area contributed by atoms with Crippen LogP contribution in [0.4, 0.5) is 5.69 Å². The van der Waals surface area contributed by atoms with Crippen molar-refractivity contribution in [3.63, 3.8) is 0 Å². The number of hydrogen-bond acceptors (Lipinski definition) is 2. The number of anilines is 1. The third-order valence-corrected chi connectivity index (χ3v) is 4.36. The first kappa shape index (κ1) is 20.7. The van der Waals surface area contributed by atoms with E-state index in [9.17, 15) is 4.79 Å². The lowest BCUT2D eigenvalue weighted by Crippen LogP contribution is -2.40. The van der Waals surface area contributed by atoms with Crippen molar-refractivity contribution in [3.8, 4) is 0 Å². The van der Waals surface area contributed by atoms with Crippen molar-refractivity contribution in [3.05, 3.63) is 29.8 Å². The van der Waals surface area contributed by atoms with Crippen molar-refractivity contribution < 1.29 is 4.79 Å². The number of nitrogens with one attached hydrogen (secondary N) is 1. The second-order valence-electron chi connectivity index (χ2n) is 6.22. The minimum atomic E-state index is 0. The summed E-state index contributed by atoms with van der Waals surface area (Å²) in [5.74, 6) is 0.700. The molecule has 1 atom stereocenters. The third-order valence-electron chi connectivity index (χ3n) is 4.36. The number of benzene rings is 1. The fraction of sp³-hybridized carbons (Fsp3) is 0.556. The third kappa shape index (κ3) is 6.30. The summed E-state index contributed by atoms with van der Waals surface area (Å²) in [6, 6.07) is 7.81. The van der Waals surface area contributed by atoms with Gasteiger partial charge in [0.1, 0.15) is 0 Å². The van der Waals surface area contributed by atoms with Gasteiger partial charge in [-0.25, -0.2) is 4.99 Å². The summed E-state index contributed by atoms with van der Waals surface area (Å²) in [4.78, 5) is 18.6. The number of piperidine rings is 1. The standard InChI is InChI=1S/C18H28N4O.HI/c1-3-14(2)17(23)21-16-9-7-8-15(12-16)13-20-18(19)22-10-5-4-6-11-22;/h7-9,12,14H,3-6,10-11,13H2,1-2H3,(H2,19,20)(H,21,23);1H. The molecule has 1 saturated heterocycles. The van der Waals surface area contributed by atoms with Crippen LogP contribution in [-0.4, -0.2) is 29.9 Å². The zero-order valence-electron chi connectivity index (χ0n) is 14.6. The molecule has 0 bridgehead atoms. The summed E-state index contributed by atoms with van der Waals surface area (Å²) in [5, 5.41) is 2.95. The van der Waals surface area contributed by atoms with Gasteiger partial charge in [-0.05, 0) is 43.4 Å². The number of carbonyl (C=O) groups excluding carboxylic acids is 1. The Morgan fingerprint density at radius 2 is 2.04 bits per heavy atom. The maximum atomic E-state index is 12.0. The molecule has 3 N–H and O–H groups in total. The zero-order valence-corrected chi connectivity index (χ0v) is 17.0. The van der Waals surface area contributed by atoms with Gasteiger partial charge in [-0.1, -0.05) is 26.0 Å². The van der Waals surface area contributed by atoms with E-state index in [-0.39, 0.29) is 35.8 Å². The number of nitrogens with two attached hydrogens (primary N) is 1. The van der Waals surface area contributed by atoms with Gasteiger partial charge in [-0.15, -0.1) is 24.0 Å². The lowest BCUT2D eigenvalue weighted by Gasteiger charge is -2.27. The maximum Gasteiger partial charge on any atom is 0.227 e. The Morgan fingerprint density at radius 1 is 1.33 bits per heavy atom. The van der Waals surface area contributed by atoms with E-state index in [1.807, 2.05) is 38.1 Å². The largest absolute Gasteiger partial charge is 0.370 e. The number of guanidine groups is 1. The number of likely N-dealkylation sites (tertiary alicyclic amines) is 1. The van der Waals surface area contributed by atoms with E-state index in [1.54, 1.807) is 0 Å². The van der Waals surface area contributed by atoms with Gasteiger partial charge in [0.05, 0.1) is 6.54 Å². The molecule has 0 saturated carbocycles. The summed E-state index contributed by atoms with van der Waals surface area (Å²) in [7, 11) is 0. The fourth-order valence-corrected chi connectivity index (χ4v) is 2.59. The Bertz CT molecular complexity index is 556. The first-order valence-corrected chi connectivity index (χ1v) is 8.54. The van der Waals surface area contributed by atoms with Crippen molar-refractivity contribution in [2.24, 2.45) is 16.6 Å². The highest BCUT2D eigenvalue weighted by molar-refractivity contribution is 14.0. The van der Waals surface area contributed by atoms with Crippen molar-refractivity contribution in [2.45, 2.75) is 46.1 Å². The summed E-state index contributed by atoms with van der Waals surface area (Å²) < 4.78 is 0. The molecule has 5 nitrogen and oxygen atoms in total. The van der Waals surface area contributed by atoms with Crippen LogP contribution in [0.1, 0.15) is 45.1 Å². The molecule has 2 rings (SSSR count). The molecule has 0 aromatic heterocycles. The maximum absolute atomic E-state index is 12.0. The number of amides is 1. The van der Waals surface area contributed by atoms with Crippen LogP contribution < -0.4 is 11.1 Å². The molecule has 134 valence electrons. The van der Waals surface area contributed by atoms with Gasteiger partial charge in [-0.3, -0.25) is 4.79 Å². The molecule has 0 spiro atoms. The van der Waals surface area contributed by atoms with Crippen LogP contribution in [0.2, 0.25) is 0 Å². The average Bonchev–Trinajstić information content (AvgIpc) is 2.60. The van der Waals surface area contributed by atoms with Crippen LogP contribution in [0.3, 0.4) is 0 Å². The van der Waals surface area contributed by atoms with E-state index < -0.39 is 0 Å². The Morgan fingerprint density at radius 3 is 2.71 bits per heavy atom. The second kappa shape index (κ2) is 10.5. The van der Waals surface area contributed by atoms with Crippen molar-refractivity contribution >= 4 is 41.5 Å². The normalized spacial score (nSPS) is 16.2. The number of aliphatic imine (C=N–C) groups is 1. The second-order valence-corrected chi connectivity index (χ2v) is 6.22. The number of carbonyl (C=O) groups is 1. The molecule has 1 aliphatic heterocycles. The molecule has 24 heavy (non-hydrogen) atoms. The molecule has 1 aromatic rings. The van der Waals surface area contributed by atoms with Gasteiger partial charge >= 0.3 is 0 Å². The van der Waals surface area contributed by atoms with Gasteiger partial charge < -0.3 is 16.0 Å². The van der Waals surface area contributed by atoms with Gasteiger partial charge in [0.2, 0.25) is 5.91 Å². The predicted octanol–water partition coefficient (Wildman–Crippen LogP) is 3.59. The SMILES string of the molecule is CCC(C)C(=O)Nc1cccc(CN=C(N)N2CCCCC2)c1.I. The fourth-order valence-electron chi connectivity index (χ4n) is 2.59. The monoisotopic (exact) mass is 444 g/mol. The average molecular weight is 444 g/mol. The molecule has 0 radical (unpaired) electrons. The highest BCUT2D eigenvalue weighted by Crippen LogP contribution is 2.14. The molecule has 1 aromatic carbocycles. The Hall–Kier alpha value is -1.31. The zero-order chi connectivity index (χ0) is 16.7. The number of nitrogens with zero attached hydrogens (tertiary/aromatic N) is 2. The first-order valence-electron chi connectivity index (χ1n) is 8.54. The van der Waals surface area contributed by atoms with Crippen LogP contribution >= 0.6 is 24.0 Å². The van der Waals surface area contributed by atoms with E-state index in [4.69, 9.17) is 5.73 Å². The van der Waals surface area contributed by atoms with Gasteiger partial charge in [0, 0.05) is 24.7 Å². The molecule has 1 heterocycles. The number of halogens is 1. The van der Waals surface area contributed by atoms with Gasteiger partial charge in [-0.2, -0.15) is 0 Å². The van der Waals surface area contributed by atoms with Crippen molar-refractivity contribution in [1.82, 2.24) is 4.90 Å². The molecular weight excluding hydrogens is 415 g/mol.